The van der Waals surface area contributed by atoms with Gasteiger partial charge in [-0.1, -0.05) is 17.3 Å². The van der Waals surface area contributed by atoms with Crippen molar-refractivity contribution < 1.29 is 9.53 Å². The molecule has 0 radical (unpaired) electrons. The average molecular weight is 324 g/mol. The molecule has 0 aliphatic rings. The van der Waals surface area contributed by atoms with Crippen LogP contribution < -0.4 is 15.6 Å². The zero-order chi connectivity index (χ0) is 17.1. The van der Waals surface area contributed by atoms with Gasteiger partial charge in [0.2, 0.25) is 5.91 Å². The maximum atomic E-state index is 12.5. The summed E-state index contributed by atoms with van der Waals surface area (Å²) in [6.07, 6.45) is 0. The summed E-state index contributed by atoms with van der Waals surface area (Å²) in [7, 11) is 1.57. The Balaban J connectivity index is 1.85. The Labute approximate surface area is 137 Å². The number of nitrogens with one attached hydrogen (secondary N) is 1. The maximum absolute atomic E-state index is 12.5. The van der Waals surface area contributed by atoms with E-state index in [4.69, 9.17) is 4.74 Å². The van der Waals surface area contributed by atoms with Gasteiger partial charge in [0.25, 0.3) is 5.56 Å². The van der Waals surface area contributed by atoms with E-state index in [2.05, 4.69) is 15.6 Å². The smallest absolute Gasteiger partial charge is 0.278 e. The lowest BCUT2D eigenvalue weighted by atomic mass is 10.2. The van der Waals surface area contributed by atoms with Crippen LogP contribution in [0.1, 0.15) is 13.0 Å². The number of methoxy groups -OCH3 is 1. The maximum Gasteiger partial charge on any atom is 0.278 e. The number of nitrogens with zero attached hydrogens (tertiary/aromatic N) is 3. The molecule has 0 aliphatic carbocycles. The lowest BCUT2D eigenvalue weighted by Crippen LogP contribution is -2.34. The molecular formula is C17H16N4O3. The van der Waals surface area contributed by atoms with Gasteiger partial charge in [0.05, 0.1) is 12.5 Å². The molecule has 7 nitrogen and oxygen atoms in total. The second kappa shape index (κ2) is 6.49. The van der Waals surface area contributed by atoms with Gasteiger partial charge in [-0.2, -0.15) is 4.68 Å². The van der Waals surface area contributed by atoms with Gasteiger partial charge < -0.3 is 10.1 Å². The first-order chi connectivity index (χ1) is 11.6. The Bertz CT molecular complexity index is 934. The molecule has 0 fully saturated rings. The fourth-order valence-electron chi connectivity index (χ4n) is 2.29. The van der Waals surface area contributed by atoms with Gasteiger partial charge in [-0.25, -0.2) is 0 Å². The van der Waals surface area contributed by atoms with E-state index in [9.17, 15) is 9.59 Å². The first kappa shape index (κ1) is 15.7. The second-order valence-corrected chi connectivity index (χ2v) is 5.25. The first-order valence-electron chi connectivity index (χ1n) is 7.39. The third kappa shape index (κ3) is 2.96. The highest BCUT2D eigenvalue weighted by molar-refractivity contribution is 5.93. The van der Waals surface area contributed by atoms with Gasteiger partial charge in [-0.05, 0) is 43.3 Å². The first-order valence-corrected chi connectivity index (χ1v) is 7.39. The average Bonchev–Trinajstić information content (AvgIpc) is 2.62. The summed E-state index contributed by atoms with van der Waals surface area (Å²) in [4.78, 5) is 24.9. The SMILES string of the molecule is COc1ccc(NC(=O)[C@H](C)n2nnc3ccccc3c2=O)cc1. The van der Waals surface area contributed by atoms with Crippen molar-refractivity contribution in [2.24, 2.45) is 0 Å². The van der Waals surface area contributed by atoms with Crippen molar-refractivity contribution in [3.05, 3.63) is 58.9 Å². The topological polar surface area (TPSA) is 86.1 Å². The summed E-state index contributed by atoms with van der Waals surface area (Å²) in [6.45, 7) is 1.60. The molecule has 2 aromatic carbocycles. The van der Waals surface area contributed by atoms with E-state index in [1.54, 1.807) is 62.6 Å². The molecular weight excluding hydrogens is 308 g/mol. The summed E-state index contributed by atoms with van der Waals surface area (Å²) >= 11 is 0. The van der Waals surface area contributed by atoms with E-state index < -0.39 is 6.04 Å². The van der Waals surface area contributed by atoms with Crippen LogP contribution in [0.25, 0.3) is 10.9 Å². The van der Waals surface area contributed by atoms with Crippen LogP contribution in [-0.2, 0) is 4.79 Å². The fraction of sp³-hybridized carbons (Fsp3) is 0.176. The molecule has 1 aromatic heterocycles. The van der Waals surface area contributed by atoms with Gasteiger partial charge in [0, 0.05) is 5.69 Å². The Hall–Kier alpha value is -3.22. The zero-order valence-electron chi connectivity index (χ0n) is 13.3. The van der Waals surface area contributed by atoms with Crippen molar-refractivity contribution in [3.8, 4) is 5.75 Å². The van der Waals surface area contributed by atoms with Gasteiger partial charge >= 0.3 is 0 Å². The summed E-state index contributed by atoms with van der Waals surface area (Å²) < 4.78 is 6.16. The number of carbonyl (C=O) groups is 1. The molecule has 3 aromatic rings. The highest BCUT2D eigenvalue weighted by Crippen LogP contribution is 2.16. The van der Waals surface area contributed by atoms with Crippen molar-refractivity contribution in [3.63, 3.8) is 0 Å². The van der Waals surface area contributed by atoms with Crippen LogP contribution >= 0.6 is 0 Å². The Morgan fingerprint density at radius 2 is 1.88 bits per heavy atom. The molecule has 0 saturated carbocycles. The van der Waals surface area contributed by atoms with Crippen molar-refractivity contribution >= 4 is 22.5 Å². The minimum absolute atomic E-state index is 0.349. The predicted molar refractivity (Wildman–Crippen MR) is 90.1 cm³/mol. The molecule has 0 unspecified atom stereocenters. The number of fused-ring (bicyclic) bond motifs is 1. The van der Waals surface area contributed by atoms with E-state index in [1.165, 1.54) is 0 Å². The Morgan fingerprint density at radius 1 is 1.17 bits per heavy atom. The van der Waals surface area contributed by atoms with Crippen molar-refractivity contribution in [2.75, 3.05) is 12.4 Å². The van der Waals surface area contributed by atoms with Crippen LogP contribution in [-0.4, -0.2) is 28.0 Å². The Kier molecular flexibility index (Phi) is 4.24. The monoisotopic (exact) mass is 324 g/mol. The third-order valence-corrected chi connectivity index (χ3v) is 3.70. The van der Waals surface area contributed by atoms with Crippen LogP contribution in [0.2, 0.25) is 0 Å². The molecule has 1 amide bonds. The van der Waals surface area contributed by atoms with Crippen LogP contribution in [0.5, 0.6) is 5.75 Å². The number of hydrogen-bond donors (Lipinski definition) is 1. The van der Waals surface area contributed by atoms with Gasteiger partial charge in [0.1, 0.15) is 17.3 Å². The number of aromatic nitrogens is 3. The fourth-order valence-corrected chi connectivity index (χ4v) is 2.29. The van der Waals surface area contributed by atoms with Crippen molar-refractivity contribution in [2.45, 2.75) is 13.0 Å². The van der Waals surface area contributed by atoms with Gasteiger partial charge in [0.15, 0.2) is 0 Å². The lowest BCUT2D eigenvalue weighted by molar-refractivity contribution is -0.119. The number of carbonyl (C=O) groups excluding carboxylic acids is 1. The molecule has 24 heavy (non-hydrogen) atoms. The zero-order valence-corrected chi connectivity index (χ0v) is 13.3. The van der Waals surface area contributed by atoms with E-state index >= 15 is 0 Å². The van der Waals surface area contributed by atoms with Gasteiger partial charge in [-0.3, -0.25) is 9.59 Å². The second-order valence-electron chi connectivity index (χ2n) is 5.25. The molecule has 1 atom stereocenters. The highest BCUT2D eigenvalue weighted by atomic mass is 16.5. The number of amides is 1. The molecule has 1 N–H and O–H groups in total. The molecule has 7 heteroatoms. The highest BCUT2D eigenvalue weighted by Gasteiger charge is 2.19. The van der Waals surface area contributed by atoms with Crippen molar-refractivity contribution in [1.82, 2.24) is 15.0 Å². The Morgan fingerprint density at radius 3 is 2.58 bits per heavy atom. The van der Waals surface area contributed by atoms with E-state index in [-0.39, 0.29) is 11.5 Å². The minimum atomic E-state index is -0.795. The normalized spacial score (nSPS) is 11.9. The predicted octanol–water partition coefficient (Wildman–Crippen LogP) is 2.00. The van der Waals surface area contributed by atoms with Crippen LogP contribution in [0.15, 0.2) is 53.3 Å². The molecule has 122 valence electrons. The summed E-state index contributed by atoms with van der Waals surface area (Å²) in [5.74, 6) is 0.338. The number of ether oxygens (including phenoxy) is 1. The molecule has 3 rings (SSSR count). The number of rotatable bonds is 4. The molecule has 0 aliphatic heterocycles. The molecule has 0 spiro atoms. The van der Waals surface area contributed by atoms with Crippen molar-refractivity contribution in [1.29, 1.82) is 0 Å². The van der Waals surface area contributed by atoms with Crippen LogP contribution in [0.3, 0.4) is 0 Å². The standard InChI is InChI=1S/C17H16N4O3/c1-11(16(22)18-12-7-9-13(24-2)10-8-12)21-17(23)14-5-3-4-6-15(14)19-20-21/h3-11H,1-2H3,(H,18,22)/t11-/m0/s1. The number of anilines is 1. The minimum Gasteiger partial charge on any atom is -0.497 e. The van der Waals surface area contributed by atoms with Crippen LogP contribution in [0, 0.1) is 0 Å². The van der Waals surface area contributed by atoms with Crippen LogP contribution in [0.4, 0.5) is 5.69 Å². The molecule has 1 heterocycles. The third-order valence-electron chi connectivity index (χ3n) is 3.70. The van der Waals surface area contributed by atoms with Gasteiger partial charge in [-0.15, -0.1) is 5.10 Å². The van der Waals surface area contributed by atoms with E-state index in [0.29, 0.717) is 22.3 Å². The number of benzene rings is 2. The molecule has 0 saturated heterocycles. The quantitative estimate of drug-likeness (QED) is 0.793. The largest absolute Gasteiger partial charge is 0.497 e. The van der Waals surface area contributed by atoms with E-state index in [1.807, 2.05) is 0 Å². The van der Waals surface area contributed by atoms with E-state index in [0.717, 1.165) is 4.68 Å². The lowest BCUT2D eigenvalue weighted by Gasteiger charge is -2.14. The summed E-state index contributed by atoms with van der Waals surface area (Å²) in [5.41, 5.74) is 0.758. The summed E-state index contributed by atoms with van der Waals surface area (Å²) in [5, 5.41) is 11.0. The summed E-state index contributed by atoms with van der Waals surface area (Å²) in [6, 6.07) is 13.0. The number of hydrogen-bond acceptors (Lipinski definition) is 5. The molecule has 0 bridgehead atoms.